The van der Waals surface area contributed by atoms with Gasteiger partial charge in [0.25, 0.3) is 0 Å². The zero-order valence-electron chi connectivity index (χ0n) is 8.69. The Morgan fingerprint density at radius 1 is 1.64 bits per heavy atom. The summed E-state index contributed by atoms with van der Waals surface area (Å²) >= 11 is 0. The van der Waals surface area contributed by atoms with Crippen LogP contribution >= 0.6 is 0 Å². The molecule has 0 spiro atoms. The molecule has 0 bridgehead atoms. The largest absolute Gasteiger partial charge is 0.381 e. The van der Waals surface area contributed by atoms with Gasteiger partial charge in [0.1, 0.15) is 5.78 Å². The van der Waals surface area contributed by atoms with E-state index in [2.05, 4.69) is 5.10 Å². The molecule has 0 aromatic carbocycles. The summed E-state index contributed by atoms with van der Waals surface area (Å²) in [6.07, 6.45) is 2.73. The zero-order valence-corrected chi connectivity index (χ0v) is 8.69. The van der Waals surface area contributed by atoms with Crippen molar-refractivity contribution in [2.45, 2.75) is 19.8 Å². The van der Waals surface area contributed by atoms with Crippen molar-refractivity contribution in [1.82, 2.24) is 9.78 Å². The predicted molar refractivity (Wildman–Crippen MR) is 53.0 cm³/mol. The Balaban J connectivity index is 2.27. The highest BCUT2D eigenvalue weighted by atomic mass is 16.5. The first-order valence-electron chi connectivity index (χ1n) is 4.80. The molecule has 0 saturated heterocycles. The highest BCUT2D eigenvalue weighted by Crippen LogP contribution is 1.98. The Morgan fingerprint density at radius 2 is 2.43 bits per heavy atom. The number of aryl methyl sites for hydroxylation is 1. The van der Waals surface area contributed by atoms with Crippen molar-refractivity contribution in [2.75, 3.05) is 13.2 Å². The molecule has 0 N–H and O–H groups in total. The molecule has 0 aliphatic carbocycles. The van der Waals surface area contributed by atoms with Gasteiger partial charge in [0.2, 0.25) is 0 Å². The van der Waals surface area contributed by atoms with E-state index in [0.717, 1.165) is 5.69 Å². The zero-order chi connectivity index (χ0) is 10.4. The van der Waals surface area contributed by atoms with Crippen molar-refractivity contribution in [3.8, 4) is 0 Å². The highest BCUT2D eigenvalue weighted by molar-refractivity contribution is 5.80. The third-order valence-corrected chi connectivity index (χ3v) is 1.88. The van der Waals surface area contributed by atoms with Gasteiger partial charge in [0.15, 0.2) is 0 Å². The van der Waals surface area contributed by atoms with Gasteiger partial charge in [-0.25, -0.2) is 0 Å². The van der Waals surface area contributed by atoms with Gasteiger partial charge in [-0.15, -0.1) is 0 Å². The minimum absolute atomic E-state index is 0.178. The van der Waals surface area contributed by atoms with E-state index in [-0.39, 0.29) is 5.78 Å². The van der Waals surface area contributed by atoms with Crippen LogP contribution < -0.4 is 0 Å². The van der Waals surface area contributed by atoms with Gasteiger partial charge < -0.3 is 4.74 Å². The van der Waals surface area contributed by atoms with Gasteiger partial charge in [-0.2, -0.15) is 5.10 Å². The molecule has 0 fully saturated rings. The fraction of sp³-hybridized carbons (Fsp3) is 0.600. The number of ketones is 1. The van der Waals surface area contributed by atoms with Gasteiger partial charge >= 0.3 is 0 Å². The molecule has 4 heteroatoms. The Kier molecular flexibility index (Phi) is 4.32. The van der Waals surface area contributed by atoms with E-state index >= 15 is 0 Å². The molecule has 0 unspecified atom stereocenters. The van der Waals surface area contributed by atoms with Crippen molar-refractivity contribution in [3.05, 3.63) is 18.0 Å². The summed E-state index contributed by atoms with van der Waals surface area (Å²) in [4.78, 5) is 11.4. The Hall–Kier alpha value is -1.16. The lowest BCUT2D eigenvalue weighted by Gasteiger charge is -1.99. The average molecular weight is 196 g/mol. The maximum atomic E-state index is 11.4. The van der Waals surface area contributed by atoms with Crippen LogP contribution in [0.1, 0.15) is 19.0 Å². The molecular formula is C10H16N2O2. The molecule has 1 aromatic heterocycles. The number of carbonyl (C=O) groups is 1. The molecule has 0 radical (unpaired) electrons. The Morgan fingerprint density at radius 3 is 3.00 bits per heavy atom. The summed E-state index contributed by atoms with van der Waals surface area (Å²) in [5.74, 6) is 0.178. The minimum Gasteiger partial charge on any atom is -0.381 e. The second-order valence-electron chi connectivity index (χ2n) is 3.14. The van der Waals surface area contributed by atoms with E-state index in [1.54, 1.807) is 4.68 Å². The number of Topliss-reactive ketones (excluding diaryl/α,β-unsaturated/α-hetero) is 1. The van der Waals surface area contributed by atoms with Crippen LogP contribution in [-0.2, 0) is 23.0 Å². The number of aromatic nitrogens is 2. The molecule has 0 aliphatic heterocycles. The Labute approximate surface area is 83.9 Å². The van der Waals surface area contributed by atoms with Crippen LogP contribution in [0.4, 0.5) is 0 Å². The molecule has 1 aromatic rings. The van der Waals surface area contributed by atoms with Crippen molar-refractivity contribution >= 4 is 5.78 Å². The summed E-state index contributed by atoms with van der Waals surface area (Å²) in [6.45, 7) is 3.10. The van der Waals surface area contributed by atoms with Crippen LogP contribution in [-0.4, -0.2) is 28.8 Å². The highest BCUT2D eigenvalue weighted by Gasteiger charge is 2.05. The van der Waals surface area contributed by atoms with Crippen molar-refractivity contribution in [1.29, 1.82) is 0 Å². The van der Waals surface area contributed by atoms with E-state index in [9.17, 15) is 4.79 Å². The van der Waals surface area contributed by atoms with E-state index in [1.165, 1.54) is 0 Å². The van der Waals surface area contributed by atoms with Gasteiger partial charge in [-0.05, 0) is 13.0 Å². The molecule has 0 aliphatic rings. The first-order valence-corrected chi connectivity index (χ1v) is 4.80. The van der Waals surface area contributed by atoms with E-state index in [0.29, 0.717) is 26.1 Å². The second kappa shape index (κ2) is 5.54. The molecule has 4 nitrogen and oxygen atoms in total. The SMILES string of the molecule is CCOCCC(=O)Cc1ccn(C)n1. The fourth-order valence-electron chi connectivity index (χ4n) is 1.18. The monoisotopic (exact) mass is 196 g/mol. The maximum absolute atomic E-state index is 11.4. The van der Waals surface area contributed by atoms with E-state index in [1.807, 2.05) is 26.2 Å². The molecule has 1 rings (SSSR count). The first kappa shape index (κ1) is 10.9. The lowest BCUT2D eigenvalue weighted by atomic mass is 10.2. The standard InChI is InChI=1S/C10H16N2O2/c1-3-14-7-5-10(13)8-9-4-6-12(2)11-9/h4,6H,3,5,7-8H2,1-2H3. The number of hydrogen-bond donors (Lipinski definition) is 0. The number of carbonyl (C=O) groups excluding carboxylic acids is 1. The third-order valence-electron chi connectivity index (χ3n) is 1.88. The lowest BCUT2D eigenvalue weighted by molar-refractivity contribution is -0.119. The summed E-state index contributed by atoms with van der Waals surface area (Å²) in [6, 6.07) is 1.86. The predicted octanol–water partition coefficient (Wildman–Crippen LogP) is 0.958. The number of rotatable bonds is 6. The van der Waals surface area contributed by atoms with Crippen LogP contribution in [0.25, 0.3) is 0 Å². The van der Waals surface area contributed by atoms with Crippen LogP contribution in [0.15, 0.2) is 12.3 Å². The normalized spacial score (nSPS) is 10.4. The topological polar surface area (TPSA) is 44.1 Å². The van der Waals surface area contributed by atoms with E-state index in [4.69, 9.17) is 4.74 Å². The first-order chi connectivity index (χ1) is 6.72. The number of nitrogens with zero attached hydrogens (tertiary/aromatic N) is 2. The quantitative estimate of drug-likeness (QED) is 0.636. The molecule has 0 amide bonds. The van der Waals surface area contributed by atoms with Crippen molar-refractivity contribution in [2.24, 2.45) is 7.05 Å². The summed E-state index contributed by atoms with van der Waals surface area (Å²) in [7, 11) is 1.84. The van der Waals surface area contributed by atoms with Crippen molar-refractivity contribution < 1.29 is 9.53 Å². The van der Waals surface area contributed by atoms with Crippen LogP contribution in [0.5, 0.6) is 0 Å². The van der Waals surface area contributed by atoms with Crippen molar-refractivity contribution in [3.63, 3.8) is 0 Å². The average Bonchev–Trinajstić information content (AvgIpc) is 2.52. The molecular weight excluding hydrogens is 180 g/mol. The third kappa shape index (κ3) is 3.70. The lowest BCUT2D eigenvalue weighted by Crippen LogP contribution is -2.07. The molecule has 0 saturated carbocycles. The molecule has 1 heterocycles. The van der Waals surface area contributed by atoms with Gasteiger partial charge in [0, 0.05) is 26.3 Å². The van der Waals surface area contributed by atoms with Gasteiger partial charge in [-0.3, -0.25) is 9.48 Å². The number of ether oxygens (including phenoxy) is 1. The maximum Gasteiger partial charge on any atom is 0.141 e. The summed E-state index contributed by atoms with van der Waals surface area (Å²) in [5.41, 5.74) is 0.828. The van der Waals surface area contributed by atoms with Gasteiger partial charge in [-0.1, -0.05) is 0 Å². The Bertz CT molecular complexity index is 294. The van der Waals surface area contributed by atoms with Gasteiger partial charge in [0.05, 0.1) is 18.7 Å². The minimum atomic E-state index is 0.178. The molecule has 14 heavy (non-hydrogen) atoms. The molecule has 78 valence electrons. The smallest absolute Gasteiger partial charge is 0.141 e. The van der Waals surface area contributed by atoms with Crippen LogP contribution in [0.3, 0.4) is 0 Å². The van der Waals surface area contributed by atoms with Crippen LogP contribution in [0.2, 0.25) is 0 Å². The second-order valence-corrected chi connectivity index (χ2v) is 3.14. The van der Waals surface area contributed by atoms with Crippen LogP contribution in [0, 0.1) is 0 Å². The fourth-order valence-corrected chi connectivity index (χ4v) is 1.18. The summed E-state index contributed by atoms with van der Waals surface area (Å²) < 4.78 is 6.80. The number of hydrogen-bond acceptors (Lipinski definition) is 3. The van der Waals surface area contributed by atoms with E-state index < -0.39 is 0 Å². The molecule has 0 atom stereocenters. The summed E-state index contributed by atoms with van der Waals surface area (Å²) in [5, 5.41) is 4.13.